The van der Waals surface area contributed by atoms with E-state index in [9.17, 15) is 4.79 Å². The largest absolute Gasteiger partial charge is 0.337 e. The van der Waals surface area contributed by atoms with Gasteiger partial charge in [0, 0.05) is 30.7 Å². The quantitative estimate of drug-likeness (QED) is 0.868. The first-order valence-corrected chi connectivity index (χ1v) is 8.41. The van der Waals surface area contributed by atoms with Gasteiger partial charge in [0.2, 0.25) is 0 Å². The van der Waals surface area contributed by atoms with Crippen LogP contribution >= 0.6 is 0 Å². The van der Waals surface area contributed by atoms with Gasteiger partial charge in [-0.15, -0.1) is 0 Å². The van der Waals surface area contributed by atoms with Crippen molar-refractivity contribution in [2.75, 3.05) is 13.1 Å². The Morgan fingerprint density at radius 1 is 1.17 bits per heavy atom. The first-order chi connectivity index (χ1) is 11.0. The van der Waals surface area contributed by atoms with E-state index in [-0.39, 0.29) is 11.3 Å². The zero-order valence-electron chi connectivity index (χ0n) is 14.5. The minimum Gasteiger partial charge on any atom is -0.337 e. The van der Waals surface area contributed by atoms with Crippen LogP contribution in [-0.2, 0) is 12.0 Å². The molecule has 23 heavy (non-hydrogen) atoms. The molecular formula is C19H25N3O. The zero-order chi connectivity index (χ0) is 16.6. The SMILES string of the molecule is CCn1nc(C)c(C(=O)N2CC(CC)(c3ccccc3)C2)c1C. The van der Waals surface area contributed by atoms with Crippen LogP contribution in [0.3, 0.4) is 0 Å². The minimum atomic E-state index is 0.111. The molecule has 0 aliphatic carbocycles. The van der Waals surface area contributed by atoms with E-state index in [1.807, 2.05) is 29.5 Å². The molecule has 122 valence electrons. The predicted octanol–water partition coefficient (Wildman–Crippen LogP) is 3.32. The fourth-order valence-corrected chi connectivity index (χ4v) is 3.70. The van der Waals surface area contributed by atoms with Gasteiger partial charge in [-0.05, 0) is 32.8 Å². The second-order valence-corrected chi connectivity index (χ2v) is 6.52. The van der Waals surface area contributed by atoms with Crippen LogP contribution in [0.4, 0.5) is 0 Å². The van der Waals surface area contributed by atoms with Crippen LogP contribution in [0.5, 0.6) is 0 Å². The van der Waals surface area contributed by atoms with Crippen LogP contribution in [0.2, 0.25) is 0 Å². The van der Waals surface area contributed by atoms with Gasteiger partial charge < -0.3 is 4.90 Å². The van der Waals surface area contributed by atoms with E-state index in [1.165, 1.54) is 5.56 Å². The summed E-state index contributed by atoms with van der Waals surface area (Å²) >= 11 is 0. The maximum atomic E-state index is 12.9. The van der Waals surface area contributed by atoms with Gasteiger partial charge in [-0.2, -0.15) is 5.10 Å². The first-order valence-electron chi connectivity index (χ1n) is 8.41. The van der Waals surface area contributed by atoms with Crippen LogP contribution in [0.15, 0.2) is 30.3 Å². The number of carbonyl (C=O) groups is 1. The smallest absolute Gasteiger partial charge is 0.257 e. The van der Waals surface area contributed by atoms with Crippen molar-refractivity contribution in [1.29, 1.82) is 0 Å². The Kier molecular flexibility index (Phi) is 4.00. The Morgan fingerprint density at radius 2 is 1.83 bits per heavy atom. The van der Waals surface area contributed by atoms with Gasteiger partial charge in [0.1, 0.15) is 0 Å². The Hall–Kier alpha value is -2.10. The number of aryl methyl sites for hydroxylation is 2. The standard InChI is InChI=1S/C19H25N3O/c1-5-19(16-10-8-7-9-11-16)12-21(13-19)18(23)17-14(3)20-22(6-2)15(17)4/h7-11H,5-6,12-13H2,1-4H3. The summed E-state index contributed by atoms with van der Waals surface area (Å²) in [7, 11) is 0. The Morgan fingerprint density at radius 3 is 2.35 bits per heavy atom. The summed E-state index contributed by atoms with van der Waals surface area (Å²) in [4.78, 5) is 14.9. The molecule has 4 nitrogen and oxygen atoms in total. The van der Waals surface area contributed by atoms with Crippen molar-refractivity contribution in [3.8, 4) is 0 Å². The predicted molar refractivity (Wildman–Crippen MR) is 91.7 cm³/mol. The molecule has 0 saturated carbocycles. The van der Waals surface area contributed by atoms with Gasteiger partial charge in [-0.25, -0.2) is 0 Å². The Balaban J connectivity index is 1.81. The molecule has 2 aromatic rings. The molecule has 0 radical (unpaired) electrons. The summed E-state index contributed by atoms with van der Waals surface area (Å²) in [6.45, 7) is 10.6. The third-order valence-electron chi connectivity index (χ3n) is 5.23. The van der Waals surface area contributed by atoms with Crippen molar-refractivity contribution in [1.82, 2.24) is 14.7 Å². The fraction of sp³-hybridized carbons (Fsp3) is 0.474. The molecule has 1 aromatic heterocycles. The number of benzene rings is 1. The molecule has 0 atom stereocenters. The number of carbonyl (C=O) groups excluding carboxylic acids is 1. The van der Waals surface area contributed by atoms with Crippen LogP contribution in [0.25, 0.3) is 0 Å². The van der Waals surface area contributed by atoms with Gasteiger partial charge in [0.25, 0.3) is 5.91 Å². The van der Waals surface area contributed by atoms with Crippen molar-refractivity contribution in [2.24, 2.45) is 0 Å². The number of aromatic nitrogens is 2. The van der Waals surface area contributed by atoms with E-state index in [2.05, 4.69) is 43.2 Å². The van der Waals surface area contributed by atoms with Gasteiger partial charge in [-0.1, -0.05) is 37.3 Å². The molecule has 4 heteroatoms. The zero-order valence-corrected chi connectivity index (χ0v) is 14.5. The highest BCUT2D eigenvalue weighted by Gasteiger charge is 2.45. The van der Waals surface area contributed by atoms with Crippen LogP contribution in [-0.4, -0.2) is 33.7 Å². The molecule has 3 rings (SSSR count). The monoisotopic (exact) mass is 311 g/mol. The summed E-state index contributed by atoms with van der Waals surface area (Å²) < 4.78 is 1.91. The third-order valence-corrected chi connectivity index (χ3v) is 5.23. The highest BCUT2D eigenvalue weighted by Crippen LogP contribution is 2.38. The van der Waals surface area contributed by atoms with E-state index in [1.54, 1.807) is 0 Å². The lowest BCUT2D eigenvalue weighted by Gasteiger charge is -2.50. The minimum absolute atomic E-state index is 0.111. The maximum absolute atomic E-state index is 12.9. The second kappa shape index (κ2) is 5.84. The second-order valence-electron chi connectivity index (χ2n) is 6.52. The molecule has 0 spiro atoms. The van der Waals surface area contributed by atoms with Gasteiger partial charge in [-0.3, -0.25) is 9.48 Å². The summed E-state index contributed by atoms with van der Waals surface area (Å²) in [5.41, 5.74) is 4.04. The van der Waals surface area contributed by atoms with Gasteiger partial charge in [0.15, 0.2) is 0 Å². The van der Waals surface area contributed by atoms with Crippen molar-refractivity contribution < 1.29 is 4.79 Å². The lowest BCUT2D eigenvalue weighted by atomic mass is 9.71. The number of likely N-dealkylation sites (tertiary alicyclic amines) is 1. The molecule has 1 saturated heterocycles. The number of nitrogens with zero attached hydrogens (tertiary/aromatic N) is 3. The van der Waals surface area contributed by atoms with Crippen molar-refractivity contribution >= 4 is 5.91 Å². The molecule has 1 amide bonds. The highest BCUT2D eigenvalue weighted by molar-refractivity contribution is 5.97. The fourth-order valence-electron chi connectivity index (χ4n) is 3.70. The Labute approximate surface area is 138 Å². The summed E-state index contributed by atoms with van der Waals surface area (Å²) in [5.74, 6) is 0.125. The molecular weight excluding hydrogens is 286 g/mol. The molecule has 1 aliphatic rings. The number of hydrogen-bond donors (Lipinski definition) is 0. The van der Waals surface area contributed by atoms with E-state index < -0.39 is 0 Å². The lowest BCUT2D eigenvalue weighted by molar-refractivity contribution is 0.0374. The Bertz CT molecular complexity index is 712. The average Bonchev–Trinajstić information content (AvgIpc) is 2.81. The molecule has 0 unspecified atom stereocenters. The summed E-state index contributed by atoms with van der Waals surface area (Å²) in [6.07, 6.45) is 1.05. The topological polar surface area (TPSA) is 38.1 Å². The molecule has 1 fully saturated rings. The molecule has 1 aromatic carbocycles. The number of amides is 1. The van der Waals surface area contributed by atoms with Crippen molar-refractivity contribution in [2.45, 2.75) is 46.1 Å². The highest BCUT2D eigenvalue weighted by atomic mass is 16.2. The average molecular weight is 311 g/mol. The van der Waals surface area contributed by atoms with E-state index >= 15 is 0 Å². The van der Waals surface area contributed by atoms with Crippen molar-refractivity contribution in [3.63, 3.8) is 0 Å². The van der Waals surface area contributed by atoms with E-state index in [0.29, 0.717) is 0 Å². The van der Waals surface area contributed by atoms with E-state index in [0.717, 1.165) is 43.0 Å². The van der Waals surface area contributed by atoms with Gasteiger partial charge in [0.05, 0.1) is 11.3 Å². The van der Waals surface area contributed by atoms with Crippen LogP contribution in [0.1, 0.15) is 47.6 Å². The van der Waals surface area contributed by atoms with E-state index in [4.69, 9.17) is 0 Å². The van der Waals surface area contributed by atoms with Crippen LogP contribution < -0.4 is 0 Å². The third kappa shape index (κ3) is 2.46. The summed E-state index contributed by atoms with van der Waals surface area (Å²) in [5, 5.41) is 4.47. The molecule has 0 bridgehead atoms. The molecule has 0 N–H and O–H groups in total. The lowest BCUT2D eigenvalue weighted by Crippen LogP contribution is -2.61. The molecule has 2 heterocycles. The normalized spacial score (nSPS) is 16.3. The number of rotatable bonds is 4. The van der Waals surface area contributed by atoms with Gasteiger partial charge >= 0.3 is 0 Å². The maximum Gasteiger partial charge on any atom is 0.257 e. The summed E-state index contributed by atoms with van der Waals surface area (Å²) in [6, 6.07) is 10.6. The number of hydrogen-bond acceptors (Lipinski definition) is 2. The molecule has 1 aliphatic heterocycles. The van der Waals surface area contributed by atoms with Crippen LogP contribution in [0, 0.1) is 13.8 Å². The first kappa shape index (κ1) is 15.8. The van der Waals surface area contributed by atoms with Crippen molar-refractivity contribution in [3.05, 3.63) is 52.8 Å².